The molecule has 2 aromatic rings. The van der Waals surface area contributed by atoms with E-state index in [1.807, 2.05) is 32.0 Å². The molecule has 0 N–H and O–H groups in total. The minimum atomic E-state index is -3.80. The van der Waals surface area contributed by atoms with E-state index in [9.17, 15) is 12.6 Å². The molecule has 0 saturated carbocycles. The predicted molar refractivity (Wildman–Crippen MR) is 74.9 cm³/mol. The van der Waals surface area contributed by atoms with Crippen LogP contribution in [0, 0.1) is 13.8 Å². The van der Waals surface area contributed by atoms with Crippen molar-refractivity contribution in [3.63, 3.8) is 0 Å². The Hall–Kier alpha value is -1.46. The summed E-state index contributed by atoms with van der Waals surface area (Å²) in [4.78, 5) is 0.554. The Morgan fingerprint density at radius 1 is 0.895 bits per heavy atom. The molecule has 0 aliphatic carbocycles. The molecule has 0 amide bonds. The smallest absolute Gasteiger partial charge is 0.237 e. The first kappa shape index (κ1) is 12.6. The van der Waals surface area contributed by atoms with Gasteiger partial charge < -0.3 is 0 Å². The molecule has 5 heteroatoms. The standard InChI is InChI=1S/C14H12O3S2/c1-9-3-5-11-12-6-4-10(2)8-14(12)19(16,17)18(15)13(11)7-9/h3-8H,1-2H3. The third kappa shape index (κ3) is 1.76. The van der Waals surface area contributed by atoms with Gasteiger partial charge in [0.15, 0.2) is 9.83 Å². The molecule has 0 fully saturated rings. The molecule has 0 radical (unpaired) electrons. The van der Waals surface area contributed by atoms with Crippen LogP contribution in [0.2, 0.25) is 0 Å². The Morgan fingerprint density at radius 3 is 2.16 bits per heavy atom. The van der Waals surface area contributed by atoms with Crippen LogP contribution in [0.25, 0.3) is 11.1 Å². The van der Waals surface area contributed by atoms with Gasteiger partial charge in [-0.25, -0.2) is 12.6 Å². The molecule has 0 aromatic heterocycles. The molecular weight excluding hydrogens is 280 g/mol. The van der Waals surface area contributed by atoms with Gasteiger partial charge in [-0.3, -0.25) is 0 Å². The van der Waals surface area contributed by atoms with Gasteiger partial charge in [-0.05, 0) is 37.1 Å². The first-order valence-electron chi connectivity index (χ1n) is 5.80. The van der Waals surface area contributed by atoms with Gasteiger partial charge in [-0.1, -0.05) is 24.3 Å². The second-order valence-electron chi connectivity index (χ2n) is 4.69. The molecule has 19 heavy (non-hydrogen) atoms. The van der Waals surface area contributed by atoms with E-state index in [2.05, 4.69) is 0 Å². The van der Waals surface area contributed by atoms with Crippen LogP contribution in [0.15, 0.2) is 46.2 Å². The van der Waals surface area contributed by atoms with E-state index in [-0.39, 0.29) is 4.90 Å². The zero-order valence-electron chi connectivity index (χ0n) is 10.5. The number of rotatable bonds is 0. The maximum absolute atomic E-state index is 12.3. The first-order chi connectivity index (χ1) is 8.91. The molecule has 3 rings (SSSR count). The highest BCUT2D eigenvalue weighted by Gasteiger charge is 2.35. The normalized spacial score (nSPS) is 19.6. The Balaban J connectivity index is 2.47. The molecule has 1 aliphatic rings. The zero-order chi connectivity index (χ0) is 13.8. The van der Waals surface area contributed by atoms with Crippen LogP contribution < -0.4 is 0 Å². The van der Waals surface area contributed by atoms with E-state index in [0.29, 0.717) is 10.5 Å². The van der Waals surface area contributed by atoms with E-state index in [0.717, 1.165) is 16.7 Å². The van der Waals surface area contributed by atoms with E-state index < -0.39 is 18.7 Å². The summed E-state index contributed by atoms with van der Waals surface area (Å²) in [5.41, 5.74) is 3.13. The van der Waals surface area contributed by atoms with Crippen LogP contribution in [0.5, 0.6) is 0 Å². The average molecular weight is 292 g/mol. The second-order valence-corrected chi connectivity index (χ2v) is 9.17. The third-order valence-corrected chi connectivity index (χ3v) is 7.46. The van der Waals surface area contributed by atoms with E-state index in [4.69, 9.17) is 0 Å². The molecule has 2 aromatic carbocycles. The lowest BCUT2D eigenvalue weighted by Crippen LogP contribution is -2.16. The monoisotopic (exact) mass is 292 g/mol. The summed E-state index contributed by atoms with van der Waals surface area (Å²) < 4.78 is 36.9. The van der Waals surface area contributed by atoms with Gasteiger partial charge in [0, 0.05) is 11.1 Å². The average Bonchev–Trinajstić information content (AvgIpc) is 2.37. The van der Waals surface area contributed by atoms with Crippen molar-refractivity contribution in [3.05, 3.63) is 47.5 Å². The van der Waals surface area contributed by atoms with Gasteiger partial charge >= 0.3 is 0 Å². The topological polar surface area (TPSA) is 51.2 Å². The third-order valence-electron chi connectivity index (χ3n) is 3.21. The van der Waals surface area contributed by atoms with E-state index in [1.165, 1.54) is 0 Å². The summed E-state index contributed by atoms with van der Waals surface area (Å²) in [6.07, 6.45) is 0. The summed E-state index contributed by atoms with van der Waals surface area (Å²) in [6, 6.07) is 10.7. The number of benzene rings is 2. The summed E-state index contributed by atoms with van der Waals surface area (Å²) in [5, 5.41) is 0. The van der Waals surface area contributed by atoms with Crippen molar-refractivity contribution < 1.29 is 12.6 Å². The Kier molecular flexibility index (Phi) is 2.66. The largest absolute Gasteiger partial charge is 0.262 e. The highest BCUT2D eigenvalue weighted by molar-refractivity contribution is 8.64. The van der Waals surface area contributed by atoms with E-state index >= 15 is 0 Å². The first-order valence-corrected chi connectivity index (χ1v) is 8.95. The fraction of sp³-hybridized carbons (Fsp3) is 0.143. The lowest BCUT2D eigenvalue weighted by molar-refractivity contribution is 0.605. The van der Waals surface area contributed by atoms with Crippen LogP contribution in [0.3, 0.4) is 0 Å². The van der Waals surface area contributed by atoms with Gasteiger partial charge in [-0.2, -0.15) is 0 Å². The number of hydrogen-bond acceptors (Lipinski definition) is 3. The zero-order valence-corrected chi connectivity index (χ0v) is 12.1. The van der Waals surface area contributed by atoms with Crippen LogP contribution in [0.1, 0.15) is 11.1 Å². The SMILES string of the molecule is Cc1ccc2c(c1)S(=O)S(=O)(=O)c1cc(C)ccc1-2. The molecular formula is C14H12O3S2. The summed E-state index contributed by atoms with van der Waals surface area (Å²) >= 11 is 0. The lowest BCUT2D eigenvalue weighted by atomic mass is 10.0. The van der Waals surface area contributed by atoms with Crippen molar-refractivity contribution in [2.24, 2.45) is 0 Å². The van der Waals surface area contributed by atoms with Crippen molar-refractivity contribution in [3.8, 4) is 11.1 Å². The summed E-state index contributed by atoms with van der Waals surface area (Å²) in [5.74, 6) is 0. The molecule has 98 valence electrons. The Morgan fingerprint density at radius 2 is 1.47 bits per heavy atom. The van der Waals surface area contributed by atoms with Crippen molar-refractivity contribution in [2.75, 3.05) is 0 Å². The van der Waals surface area contributed by atoms with Gasteiger partial charge in [-0.15, -0.1) is 0 Å². The van der Waals surface area contributed by atoms with Crippen LogP contribution in [0.4, 0.5) is 0 Å². The summed E-state index contributed by atoms with van der Waals surface area (Å²) in [7, 11) is -5.83. The molecule has 1 unspecified atom stereocenters. The van der Waals surface area contributed by atoms with Crippen LogP contribution in [-0.4, -0.2) is 12.6 Å². The Bertz CT molecular complexity index is 821. The van der Waals surface area contributed by atoms with Gasteiger partial charge in [0.2, 0.25) is 0 Å². The van der Waals surface area contributed by atoms with Crippen molar-refractivity contribution in [1.29, 1.82) is 0 Å². The van der Waals surface area contributed by atoms with Gasteiger partial charge in [0.25, 0.3) is 8.87 Å². The van der Waals surface area contributed by atoms with Gasteiger partial charge in [0.05, 0.1) is 9.79 Å². The number of hydrogen-bond donors (Lipinski definition) is 0. The number of fused-ring (bicyclic) bond motifs is 3. The molecule has 0 spiro atoms. The molecule has 1 atom stereocenters. The highest BCUT2D eigenvalue weighted by atomic mass is 33.2. The summed E-state index contributed by atoms with van der Waals surface area (Å²) in [6.45, 7) is 3.68. The van der Waals surface area contributed by atoms with Crippen LogP contribution >= 0.6 is 0 Å². The lowest BCUT2D eigenvalue weighted by Gasteiger charge is -2.20. The maximum Gasteiger partial charge on any atom is 0.262 e. The second kappa shape index (κ2) is 4.02. The fourth-order valence-electron chi connectivity index (χ4n) is 2.25. The number of aryl methyl sites for hydroxylation is 2. The van der Waals surface area contributed by atoms with Crippen molar-refractivity contribution >= 4 is 18.7 Å². The van der Waals surface area contributed by atoms with E-state index in [1.54, 1.807) is 18.2 Å². The highest BCUT2D eigenvalue weighted by Crippen LogP contribution is 2.41. The molecule has 1 heterocycles. The minimum Gasteiger partial charge on any atom is -0.237 e. The van der Waals surface area contributed by atoms with Crippen LogP contribution in [-0.2, 0) is 18.7 Å². The van der Waals surface area contributed by atoms with Gasteiger partial charge in [0.1, 0.15) is 0 Å². The van der Waals surface area contributed by atoms with Crippen molar-refractivity contribution in [1.82, 2.24) is 0 Å². The predicted octanol–water partition coefficient (Wildman–Crippen LogP) is 2.78. The fourth-order valence-corrected chi connectivity index (χ4v) is 6.09. The van der Waals surface area contributed by atoms with Crippen molar-refractivity contribution in [2.45, 2.75) is 23.6 Å². The minimum absolute atomic E-state index is 0.169. The Labute approximate surface area is 114 Å². The quantitative estimate of drug-likeness (QED) is 0.702. The molecule has 0 saturated heterocycles. The molecule has 0 bridgehead atoms. The maximum atomic E-state index is 12.3. The molecule has 1 aliphatic heterocycles. The molecule has 3 nitrogen and oxygen atoms in total.